The van der Waals surface area contributed by atoms with Gasteiger partial charge in [-0.25, -0.2) is 4.98 Å². The second-order valence-electron chi connectivity index (χ2n) is 3.67. The van der Waals surface area contributed by atoms with Crippen LogP contribution in [0.25, 0.3) is 0 Å². The van der Waals surface area contributed by atoms with E-state index >= 15 is 0 Å². The van der Waals surface area contributed by atoms with Crippen molar-refractivity contribution in [3.05, 3.63) is 17.7 Å². The van der Waals surface area contributed by atoms with Crippen molar-refractivity contribution in [3.8, 4) is 0 Å². The molecule has 2 N–H and O–H groups in total. The van der Waals surface area contributed by atoms with Gasteiger partial charge in [0.05, 0.1) is 17.9 Å². The zero-order valence-corrected chi connectivity index (χ0v) is 8.36. The molecule has 0 spiro atoms. The number of aryl methyl sites for hydroxylation is 1. The Hall–Kier alpha value is -1.03. The van der Waals surface area contributed by atoms with E-state index in [-0.39, 0.29) is 6.04 Å². The van der Waals surface area contributed by atoms with Crippen molar-refractivity contribution in [2.24, 2.45) is 11.7 Å². The molecule has 0 saturated heterocycles. The summed E-state index contributed by atoms with van der Waals surface area (Å²) in [4.78, 5) is 4.05. The van der Waals surface area contributed by atoms with Gasteiger partial charge in [0, 0.05) is 0 Å². The van der Waals surface area contributed by atoms with Crippen molar-refractivity contribution >= 4 is 0 Å². The largest absolute Gasteiger partial charge is 0.323 e. The quantitative estimate of drug-likeness (QED) is 0.759. The summed E-state index contributed by atoms with van der Waals surface area (Å²) < 4.78 is 0. The highest BCUT2D eigenvalue weighted by molar-refractivity contribution is 5.00. The zero-order chi connectivity index (χ0) is 9.84. The van der Waals surface area contributed by atoms with Crippen molar-refractivity contribution in [2.75, 3.05) is 0 Å². The van der Waals surface area contributed by atoms with E-state index in [4.69, 9.17) is 5.73 Å². The molecule has 0 fully saturated rings. The highest BCUT2D eigenvalue weighted by Crippen LogP contribution is 2.14. The number of rotatable bonds is 3. The second kappa shape index (κ2) is 4.28. The van der Waals surface area contributed by atoms with Gasteiger partial charge in [0.1, 0.15) is 5.82 Å². The van der Waals surface area contributed by atoms with Crippen molar-refractivity contribution in [1.82, 2.24) is 15.2 Å². The van der Waals surface area contributed by atoms with E-state index in [1.807, 2.05) is 6.92 Å². The van der Waals surface area contributed by atoms with E-state index in [2.05, 4.69) is 29.0 Å². The highest BCUT2D eigenvalue weighted by Gasteiger charge is 2.10. The lowest BCUT2D eigenvalue weighted by Crippen LogP contribution is -2.15. The third kappa shape index (κ3) is 3.06. The molecule has 13 heavy (non-hydrogen) atoms. The van der Waals surface area contributed by atoms with Gasteiger partial charge in [0.15, 0.2) is 0 Å². The summed E-state index contributed by atoms with van der Waals surface area (Å²) in [5.41, 5.74) is 6.68. The summed E-state index contributed by atoms with van der Waals surface area (Å²) in [6.45, 7) is 6.08. The molecule has 1 aromatic heterocycles. The van der Waals surface area contributed by atoms with Gasteiger partial charge >= 0.3 is 0 Å². The fourth-order valence-electron chi connectivity index (χ4n) is 1.14. The standard InChI is InChI=1S/C9H16N4/c1-6(2)4-8(10)9-5-11-7(3)12-13-9/h5-6,8H,4,10H2,1-3H3. The predicted octanol–water partition coefficient (Wildman–Crippen LogP) is 1.23. The van der Waals surface area contributed by atoms with Gasteiger partial charge in [-0.1, -0.05) is 13.8 Å². The smallest absolute Gasteiger partial charge is 0.147 e. The summed E-state index contributed by atoms with van der Waals surface area (Å²) in [6.07, 6.45) is 2.62. The molecule has 0 aliphatic carbocycles. The lowest BCUT2D eigenvalue weighted by molar-refractivity contribution is 0.496. The molecule has 1 aromatic rings. The average molecular weight is 180 g/mol. The third-order valence-electron chi connectivity index (χ3n) is 1.80. The van der Waals surface area contributed by atoms with Crippen LogP contribution in [0.15, 0.2) is 6.20 Å². The molecule has 1 unspecified atom stereocenters. The summed E-state index contributed by atoms with van der Waals surface area (Å²) in [6, 6.07) is -0.0411. The van der Waals surface area contributed by atoms with Crippen LogP contribution in [-0.4, -0.2) is 15.2 Å². The monoisotopic (exact) mass is 180 g/mol. The number of hydrogen-bond donors (Lipinski definition) is 1. The Kier molecular flexibility index (Phi) is 3.31. The van der Waals surface area contributed by atoms with E-state index in [0.717, 1.165) is 12.1 Å². The molecular weight excluding hydrogens is 164 g/mol. The molecule has 4 nitrogen and oxygen atoms in total. The lowest BCUT2D eigenvalue weighted by atomic mass is 10.0. The molecule has 0 aliphatic heterocycles. The molecule has 1 rings (SSSR count). The van der Waals surface area contributed by atoms with Crippen LogP contribution in [0.5, 0.6) is 0 Å². The summed E-state index contributed by atoms with van der Waals surface area (Å²) in [5.74, 6) is 1.25. The van der Waals surface area contributed by atoms with Gasteiger partial charge < -0.3 is 5.73 Å². The number of nitrogens with zero attached hydrogens (tertiary/aromatic N) is 3. The molecule has 4 heteroatoms. The normalized spacial score (nSPS) is 13.3. The van der Waals surface area contributed by atoms with Gasteiger partial charge in [-0.15, -0.1) is 5.10 Å². The molecule has 0 aliphatic rings. The average Bonchev–Trinajstić information content (AvgIpc) is 2.04. The Morgan fingerprint density at radius 3 is 2.54 bits per heavy atom. The molecule has 1 atom stereocenters. The van der Waals surface area contributed by atoms with E-state index < -0.39 is 0 Å². The van der Waals surface area contributed by atoms with Gasteiger partial charge in [-0.05, 0) is 19.3 Å². The topological polar surface area (TPSA) is 64.7 Å². The van der Waals surface area contributed by atoms with Crippen LogP contribution in [0.2, 0.25) is 0 Å². The Bertz CT molecular complexity index is 255. The summed E-state index contributed by atoms with van der Waals surface area (Å²) >= 11 is 0. The van der Waals surface area contributed by atoms with E-state index in [1.165, 1.54) is 0 Å². The van der Waals surface area contributed by atoms with Crippen LogP contribution < -0.4 is 5.73 Å². The van der Waals surface area contributed by atoms with Crippen LogP contribution in [0.1, 0.15) is 37.8 Å². The fourth-order valence-corrected chi connectivity index (χ4v) is 1.14. The van der Waals surface area contributed by atoms with Gasteiger partial charge in [-0.3, -0.25) is 0 Å². The van der Waals surface area contributed by atoms with Gasteiger partial charge in [0.25, 0.3) is 0 Å². The zero-order valence-electron chi connectivity index (χ0n) is 8.36. The Labute approximate surface area is 78.6 Å². The van der Waals surface area contributed by atoms with Crippen LogP contribution in [0, 0.1) is 12.8 Å². The molecular formula is C9H16N4. The first-order valence-corrected chi connectivity index (χ1v) is 4.51. The molecule has 72 valence electrons. The SMILES string of the molecule is Cc1ncc(C(N)CC(C)C)nn1. The van der Waals surface area contributed by atoms with Crippen LogP contribution >= 0.6 is 0 Å². The first-order chi connectivity index (χ1) is 6.09. The Balaban J connectivity index is 2.66. The van der Waals surface area contributed by atoms with Gasteiger partial charge in [0.2, 0.25) is 0 Å². The molecule has 0 bridgehead atoms. The number of aromatic nitrogens is 3. The van der Waals surface area contributed by atoms with Crippen molar-refractivity contribution in [1.29, 1.82) is 0 Å². The van der Waals surface area contributed by atoms with E-state index in [0.29, 0.717) is 11.7 Å². The molecule has 0 radical (unpaired) electrons. The second-order valence-corrected chi connectivity index (χ2v) is 3.67. The summed E-state index contributed by atoms with van der Waals surface area (Å²) in [7, 11) is 0. The van der Waals surface area contributed by atoms with Crippen LogP contribution in [0.4, 0.5) is 0 Å². The minimum Gasteiger partial charge on any atom is -0.323 e. The minimum atomic E-state index is -0.0411. The minimum absolute atomic E-state index is 0.0411. The highest BCUT2D eigenvalue weighted by atomic mass is 15.2. The van der Waals surface area contributed by atoms with E-state index in [9.17, 15) is 0 Å². The first-order valence-electron chi connectivity index (χ1n) is 4.51. The third-order valence-corrected chi connectivity index (χ3v) is 1.80. The lowest BCUT2D eigenvalue weighted by Gasteiger charge is -2.11. The van der Waals surface area contributed by atoms with Crippen molar-refractivity contribution in [2.45, 2.75) is 33.2 Å². The summed E-state index contributed by atoms with van der Waals surface area (Å²) in [5, 5.41) is 7.86. The molecule has 1 heterocycles. The van der Waals surface area contributed by atoms with Crippen molar-refractivity contribution < 1.29 is 0 Å². The Morgan fingerprint density at radius 2 is 2.08 bits per heavy atom. The molecule has 0 saturated carbocycles. The maximum Gasteiger partial charge on any atom is 0.147 e. The maximum absolute atomic E-state index is 5.90. The molecule has 0 aromatic carbocycles. The van der Waals surface area contributed by atoms with Crippen molar-refractivity contribution in [3.63, 3.8) is 0 Å². The van der Waals surface area contributed by atoms with E-state index in [1.54, 1.807) is 6.20 Å². The maximum atomic E-state index is 5.90. The van der Waals surface area contributed by atoms with Gasteiger partial charge in [-0.2, -0.15) is 5.10 Å². The van der Waals surface area contributed by atoms with Crippen LogP contribution in [0.3, 0.4) is 0 Å². The predicted molar refractivity (Wildman–Crippen MR) is 50.9 cm³/mol. The number of nitrogens with two attached hydrogens (primary N) is 1. The van der Waals surface area contributed by atoms with Crippen LogP contribution in [-0.2, 0) is 0 Å². The fraction of sp³-hybridized carbons (Fsp3) is 0.667. The number of hydrogen-bond acceptors (Lipinski definition) is 4. The molecule has 0 amide bonds. The first kappa shape index (κ1) is 10.1. The Morgan fingerprint density at radius 1 is 1.38 bits per heavy atom.